The van der Waals surface area contributed by atoms with E-state index in [-0.39, 0.29) is 0 Å². The molecule has 3 nitrogen and oxygen atoms in total. The van der Waals surface area contributed by atoms with Crippen molar-refractivity contribution in [3.05, 3.63) is 24.2 Å². The minimum absolute atomic E-state index is 0.392. The quantitative estimate of drug-likeness (QED) is 0.854. The normalized spacial score (nSPS) is 21.9. The molecule has 0 amide bonds. The Balaban J connectivity index is 2.17. The van der Waals surface area contributed by atoms with E-state index in [2.05, 4.69) is 0 Å². The van der Waals surface area contributed by atoms with Crippen LogP contribution in [0.25, 0.3) is 0 Å². The van der Waals surface area contributed by atoms with E-state index in [4.69, 9.17) is 9.15 Å². The SMILES string of the molecule is CCOC1(C(O)c2ccoc2)CCCCC1. The maximum absolute atomic E-state index is 10.4. The van der Waals surface area contributed by atoms with E-state index in [9.17, 15) is 5.11 Å². The Morgan fingerprint density at radius 3 is 2.75 bits per heavy atom. The summed E-state index contributed by atoms with van der Waals surface area (Å²) >= 11 is 0. The van der Waals surface area contributed by atoms with Gasteiger partial charge in [0, 0.05) is 12.2 Å². The summed E-state index contributed by atoms with van der Waals surface area (Å²) in [6.45, 7) is 2.63. The predicted molar refractivity (Wildman–Crippen MR) is 61.1 cm³/mol. The molecule has 1 aliphatic rings. The van der Waals surface area contributed by atoms with Gasteiger partial charge in [-0.25, -0.2) is 0 Å². The molecule has 3 heteroatoms. The minimum Gasteiger partial charge on any atom is -0.472 e. The molecule has 1 aliphatic carbocycles. The van der Waals surface area contributed by atoms with Crippen molar-refractivity contribution < 1.29 is 14.3 Å². The predicted octanol–water partition coefficient (Wildman–Crippen LogP) is 3.05. The lowest BCUT2D eigenvalue weighted by molar-refractivity contribution is -0.142. The van der Waals surface area contributed by atoms with Gasteiger partial charge < -0.3 is 14.3 Å². The number of rotatable bonds is 4. The summed E-state index contributed by atoms with van der Waals surface area (Å²) in [4.78, 5) is 0. The highest BCUT2D eigenvalue weighted by Gasteiger charge is 2.40. The third kappa shape index (κ3) is 2.15. The monoisotopic (exact) mass is 224 g/mol. The first-order valence-electron chi connectivity index (χ1n) is 6.12. The zero-order valence-electron chi connectivity index (χ0n) is 9.82. The summed E-state index contributed by atoms with van der Waals surface area (Å²) in [5.74, 6) is 0. The maximum Gasteiger partial charge on any atom is 0.111 e. The van der Waals surface area contributed by atoms with Gasteiger partial charge in [-0.05, 0) is 25.8 Å². The van der Waals surface area contributed by atoms with Crippen LogP contribution in [0.5, 0.6) is 0 Å². The molecule has 2 rings (SSSR count). The van der Waals surface area contributed by atoms with Crippen molar-refractivity contribution in [2.75, 3.05) is 6.61 Å². The van der Waals surface area contributed by atoms with Crippen LogP contribution >= 0.6 is 0 Å². The lowest BCUT2D eigenvalue weighted by atomic mass is 9.78. The summed E-state index contributed by atoms with van der Waals surface area (Å²) in [5.41, 5.74) is 0.437. The zero-order valence-corrected chi connectivity index (χ0v) is 9.82. The molecule has 0 bridgehead atoms. The second-order valence-electron chi connectivity index (χ2n) is 4.52. The number of ether oxygens (including phenoxy) is 1. The number of furan rings is 1. The van der Waals surface area contributed by atoms with Gasteiger partial charge in [0.15, 0.2) is 0 Å². The van der Waals surface area contributed by atoms with Crippen LogP contribution in [0.3, 0.4) is 0 Å². The Bertz CT molecular complexity index is 293. The summed E-state index contributed by atoms with van der Waals surface area (Å²) in [5, 5.41) is 10.4. The van der Waals surface area contributed by atoms with Gasteiger partial charge in [0.05, 0.1) is 18.1 Å². The van der Waals surface area contributed by atoms with Gasteiger partial charge >= 0.3 is 0 Å². The smallest absolute Gasteiger partial charge is 0.111 e. The molecule has 0 aromatic carbocycles. The number of hydrogen-bond donors (Lipinski definition) is 1. The molecule has 1 atom stereocenters. The molecule has 1 aromatic heterocycles. The van der Waals surface area contributed by atoms with Crippen LogP contribution < -0.4 is 0 Å². The van der Waals surface area contributed by atoms with E-state index in [1.165, 1.54) is 6.42 Å². The van der Waals surface area contributed by atoms with E-state index in [1.807, 2.05) is 13.0 Å². The first-order valence-corrected chi connectivity index (χ1v) is 6.12. The highest BCUT2D eigenvalue weighted by atomic mass is 16.5. The van der Waals surface area contributed by atoms with Crippen LogP contribution in [0.4, 0.5) is 0 Å². The largest absolute Gasteiger partial charge is 0.472 e. The number of aliphatic hydroxyl groups excluding tert-OH is 1. The molecule has 1 heterocycles. The fraction of sp³-hybridized carbons (Fsp3) is 0.692. The minimum atomic E-state index is -0.563. The number of hydrogen-bond acceptors (Lipinski definition) is 3. The maximum atomic E-state index is 10.4. The highest BCUT2D eigenvalue weighted by molar-refractivity contribution is 5.15. The molecule has 1 fully saturated rings. The summed E-state index contributed by atoms with van der Waals surface area (Å²) < 4.78 is 10.9. The molecule has 0 radical (unpaired) electrons. The lowest BCUT2D eigenvalue weighted by Crippen LogP contribution is -2.41. The van der Waals surface area contributed by atoms with Crippen molar-refractivity contribution in [3.8, 4) is 0 Å². The van der Waals surface area contributed by atoms with E-state index < -0.39 is 11.7 Å². The summed E-state index contributed by atoms with van der Waals surface area (Å²) in [6.07, 6.45) is 8.03. The average Bonchev–Trinajstić information content (AvgIpc) is 2.83. The van der Waals surface area contributed by atoms with Crippen LogP contribution in [0.15, 0.2) is 23.0 Å². The van der Waals surface area contributed by atoms with Crippen molar-refractivity contribution >= 4 is 0 Å². The van der Waals surface area contributed by atoms with Crippen LogP contribution in [0.2, 0.25) is 0 Å². The second-order valence-corrected chi connectivity index (χ2v) is 4.52. The Kier molecular flexibility index (Phi) is 3.66. The van der Waals surface area contributed by atoms with Crippen LogP contribution in [-0.2, 0) is 4.74 Å². The molecular weight excluding hydrogens is 204 g/mol. The van der Waals surface area contributed by atoms with Gasteiger partial charge in [-0.2, -0.15) is 0 Å². The van der Waals surface area contributed by atoms with Gasteiger partial charge in [-0.15, -0.1) is 0 Å². The first-order chi connectivity index (χ1) is 7.78. The Hall–Kier alpha value is -0.800. The Morgan fingerprint density at radius 2 is 2.19 bits per heavy atom. The fourth-order valence-electron chi connectivity index (χ4n) is 2.67. The molecule has 1 unspecified atom stereocenters. The third-order valence-corrected chi connectivity index (χ3v) is 3.49. The van der Waals surface area contributed by atoms with Crippen LogP contribution in [0.1, 0.15) is 50.7 Å². The van der Waals surface area contributed by atoms with Crippen molar-refractivity contribution in [2.45, 2.75) is 50.7 Å². The highest BCUT2D eigenvalue weighted by Crippen LogP contribution is 2.41. The lowest BCUT2D eigenvalue weighted by Gasteiger charge is -2.40. The summed E-state index contributed by atoms with van der Waals surface area (Å²) in [7, 11) is 0. The van der Waals surface area contributed by atoms with Gasteiger partial charge in [0.2, 0.25) is 0 Å². The second kappa shape index (κ2) is 5.02. The molecule has 0 aliphatic heterocycles. The number of aliphatic hydroxyl groups is 1. The molecule has 1 aromatic rings. The zero-order chi connectivity index (χ0) is 11.4. The molecule has 0 saturated heterocycles. The molecule has 16 heavy (non-hydrogen) atoms. The standard InChI is InChI=1S/C13H20O3/c1-2-16-13(7-4-3-5-8-13)12(14)11-6-9-15-10-11/h6,9-10,12,14H,2-5,7-8H2,1H3. The van der Waals surface area contributed by atoms with Gasteiger partial charge in [-0.3, -0.25) is 0 Å². The van der Waals surface area contributed by atoms with E-state index in [0.29, 0.717) is 6.61 Å². The van der Waals surface area contributed by atoms with Crippen molar-refractivity contribution in [1.29, 1.82) is 0 Å². The first kappa shape index (κ1) is 11.7. The van der Waals surface area contributed by atoms with Crippen LogP contribution in [0, 0.1) is 0 Å². The van der Waals surface area contributed by atoms with Gasteiger partial charge in [0.1, 0.15) is 6.10 Å². The third-order valence-electron chi connectivity index (χ3n) is 3.49. The van der Waals surface area contributed by atoms with E-state index >= 15 is 0 Å². The topological polar surface area (TPSA) is 42.6 Å². The molecule has 90 valence electrons. The molecule has 1 N–H and O–H groups in total. The fourth-order valence-corrected chi connectivity index (χ4v) is 2.67. The molecular formula is C13H20O3. The summed E-state index contributed by atoms with van der Waals surface area (Å²) in [6, 6.07) is 1.82. The Morgan fingerprint density at radius 1 is 1.44 bits per heavy atom. The van der Waals surface area contributed by atoms with Crippen molar-refractivity contribution in [3.63, 3.8) is 0 Å². The Labute approximate surface area is 96.4 Å². The van der Waals surface area contributed by atoms with Gasteiger partial charge in [-0.1, -0.05) is 19.3 Å². The van der Waals surface area contributed by atoms with E-state index in [0.717, 1.165) is 31.2 Å². The van der Waals surface area contributed by atoms with Gasteiger partial charge in [0.25, 0.3) is 0 Å². The average molecular weight is 224 g/mol. The molecule has 1 saturated carbocycles. The van der Waals surface area contributed by atoms with Crippen LogP contribution in [-0.4, -0.2) is 17.3 Å². The van der Waals surface area contributed by atoms with E-state index in [1.54, 1.807) is 12.5 Å². The molecule has 0 spiro atoms. The van der Waals surface area contributed by atoms with Crippen molar-refractivity contribution in [1.82, 2.24) is 0 Å². The van der Waals surface area contributed by atoms with Crippen molar-refractivity contribution in [2.24, 2.45) is 0 Å².